The molecule has 0 bridgehead atoms. The van der Waals surface area contributed by atoms with Crippen molar-refractivity contribution in [1.82, 2.24) is 0 Å². The molecule has 0 aliphatic rings. The number of hydrogen-bond acceptors (Lipinski definition) is 1. The van der Waals surface area contributed by atoms with Crippen molar-refractivity contribution in [1.29, 1.82) is 0 Å². The molecule has 0 aromatic carbocycles. The van der Waals surface area contributed by atoms with Gasteiger partial charge in [0.1, 0.15) is 0 Å². The van der Waals surface area contributed by atoms with Crippen molar-refractivity contribution in [2.75, 3.05) is 0 Å². The molecular weight excluding hydrogens is 86.1 g/mol. The molecule has 0 saturated heterocycles. The Morgan fingerprint density at radius 3 is 2.29 bits per heavy atom. The van der Waals surface area contributed by atoms with Crippen LogP contribution in [-0.4, -0.2) is 0 Å². The van der Waals surface area contributed by atoms with Crippen molar-refractivity contribution in [3.63, 3.8) is 0 Å². The van der Waals surface area contributed by atoms with Crippen LogP contribution in [0.15, 0.2) is 12.3 Å². The first-order chi connectivity index (χ1) is 3.18. The molecule has 0 spiro atoms. The first-order valence-electron chi connectivity index (χ1n) is 2.62. The van der Waals surface area contributed by atoms with Crippen LogP contribution in [0.25, 0.3) is 0 Å². The minimum Gasteiger partial charge on any atom is -0.402 e. The SMILES string of the molecule is C=C(N)[C@H](C)CC. The van der Waals surface area contributed by atoms with Gasteiger partial charge in [0.05, 0.1) is 0 Å². The average Bonchev–Trinajstić information content (AvgIpc) is 1.65. The second-order valence-corrected chi connectivity index (χ2v) is 1.88. The van der Waals surface area contributed by atoms with Crippen molar-refractivity contribution in [2.24, 2.45) is 11.7 Å². The minimum absolute atomic E-state index is 0.486. The smallest absolute Gasteiger partial charge is 0.00361 e. The maximum absolute atomic E-state index is 5.35. The summed E-state index contributed by atoms with van der Waals surface area (Å²) in [7, 11) is 0. The van der Waals surface area contributed by atoms with Crippen molar-refractivity contribution < 1.29 is 0 Å². The van der Waals surface area contributed by atoms with Gasteiger partial charge < -0.3 is 5.73 Å². The van der Waals surface area contributed by atoms with Crippen molar-refractivity contribution in [3.05, 3.63) is 12.3 Å². The number of allylic oxidation sites excluding steroid dienone is 1. The van der Waals surface area contributed by atoms with Gasteiger partial charge in [-0.1, -0.05) is 20.4 Å². The van der Waals surface area contributed by atoms with E-state index in [2.05, 4.69) is 20.4 Å². The number of rotatable bonds is 2. The Hall–Kier alpha value is -0.460. The molecule has 1 nitrogen and oxygen atoms in total. The molecule has 0 unspecified atom stereocenters. The van der Waals surface area contributed by atoms with Gasteiger partial charge in [0.25, 0.3) is 0 Å². The van der Waals surface area contributed by atoms with Crippen LogP contribution in [0.3, 0.4) is 0 Å². The Morgan fingerprint density at radius 1 is 1.86 bits per heavy atom. The summed E-state index contributed by atoms with van der Waals surface area (Å²) in [6.07, 6.45) is 1.09. The Morgan fingerprint density at radius 2 is 2.29 bits per heavy atom. The molecule has 0 aliphatic carbocycles. The summed E-state index contributed by atoms with van der Waals surface area (Å²) in [6, 6.07) is 0. The van der Waals surface area contributed by atoms with Gasteiger partial charge in [-0.3, -0.25) is 0 Å². The second kappa shape index (κ2) is 2.67. The predicted molar refractivity (Wildman–Crippen MR) is 32.8 cm³/mol. The van der Waals surface area contributed by atoms with E-state index in [1.165, 1.54) is 0 Å². The van der Waals surface area contributed by atoms with Crippen LogP contribution < -0.4 is 5.73 Å². The Kier molecular flexibility index (Phi) is 2.49. The molecule has 2 N–H and O–H groups in total. The Labute approximate surface area is 45.2 Å². The third-order valence-corrected chi connectivity index (χ3v) is 1.25. The third-order valence-electron chi connectivity index (χ3n) is 1.25. The summed E-state index contributed by atoms with van der Waals surface area (Å²) in [6.45, 7) is 7.78. The Balaban J connectivity index is 3.34. The lowest BCUT2D eigenvalue weighted by molar-refractivity contribution is 0.650. The maximum Gasteiger partial charge on any atom is 0.00361 e. The lowest BCUT2D eigenvalue weighted by Gasteiger charge is -2.04. The molecule has 7 heavy (non-hydrogen) atoms. The number of nitrogens with two attached hydrogens (primary N) is 1. The zero-order valence-electron chi connectivity index (χ0n) is 5.07. The summed E-state index contributed by atoms with van der Waals surface area (Å²) in [4.78, 5) is 0. The molecule has 0 aliphatic heterocycles. The van der Waals surface area contributed by atoms with Crippen LogP contribution >= 0.6 is 0 Å². The van der Waals surface area contributed by atoms with Gasteiger partial charge in [-0.25, -0.2) is 0 Å². The summed E-state index contributed by atoms with van der Waals surface area (Å²) < 4.78 is 0. The fourth-order valence-electron chi connectivity index (χ4n) is 0.262. The highest BCUT2D eigenvalue weighted by atomic mass is 14.6. The minimum atomic E-state index is 0.486. The Bertz CT molecular complexity index is 66.6. The van der Waals surface area contributed by atoms with E-state index in [1.54, 1.807) is 0 Å². The van der Waals surface area contributed by atoms with E-state index in [1.807, 2.05) is 0 Å². The van der Waals surface area contributed by atoms with Crippen LogP contribution in [-0.2, 0) is 0 Å². The van der Waals surface area contributed by atoms with Gasteiger partial charge in [-0.15, -0.1) is 0 Å². The van der Waals surface area contributed by atoms with Gasteiger partial charge in [-0.2, -0.15) is 0 Å². The van der Waals surface area contributed by atoms with Crippen LogP contribution in [0.4, 0.5) is 0 Å². The van der Waals surface area contributed by atoms with Crippen LogP contribution in [0, 0.1) is 5.92 Å². The first kappa shape index (κ1) is 6.54. The quantitative estimate of drug-likeness (QED) is 0.558. The molecule has 0 fully saturated rings. The first-order valence-corrected chi connectivity index (χ1v) is 2.62. The highest BCUT2D eigenvalue weighted by Gasteiger charge is 1.95. The van der Waals surface area contributed by atoms with E-state index >= 15 is 0 Å². The molecule has 0 radical (unpaired) electrons. The highest BCUT2D eigenvalue weighted by molar-refractivity contribution is 4.90. The average molecular weight is 99.2 g/mol. The fourth-order valence-corrected chi connectivity index (χ4v) is 0.262. The van der Waals surface area contributed by atoms with Crippen LogP contribution in [0.1, 0.15) is 20.3 Å². The fraction of sp³-hybridized carbons (Fsp3) is 0.667. The highest BCUT2D eigenvalue weighted by Crippen LogP contribution is 2.04. The second-order valence-electron chi connectivity index (χ2n) is 1.88. The molecule has 0 saturated carbocycles. The zero-order chi connectivity index (χ0) is 5.86. The zero-order valence-corrected chi connectivity index (χ0v) is 5.07. The van der Waals surface area contributed by atoms with E-state index in [4.69, 9.17) is 5.73 Å². The van der Waals surface area contributed by atoms with E-state index in [-0.39, 0.29) is 0 Å². The monoisotopic (exact) mass is 99.1 g/mol. The van der Waals surface area contributed by atoms with Gasteiger partial charge in [-0.05, 0) is 12.3 Å². The van der Waals surface area contributed by atoms with E-state index in [0.29, 0.717) is 5.92 Å². The molecule has 0 aromatic heterocycles. The topological polar surface area (TPSA) is 26.0 Å². The molecule has 42 valence electrons. The third kappa shape index (κ3) is 2.26. The van der Waals surface area contributed by atoms with E-state index in [0.717, 1.165) is 12.1 Å². The summed E-state index contributed by atoms with van der Waals surface area (Å²) in [5, 5.41) is 0. The van der Waals surface area contributed by atoms with Crippen molar-refractivity contribution in [3.8, 4) is 0 Å². The number of hydrogen-bond donors (Lipinski definition) is 1. The molecule has 0 heterocycles. The lowest BCUT2D eigenvalue weighted by atomic mass is 10.1. The molecule has 0 aromatic rings. The van der Waals surface area contributed by atoms with Crippen molar-refractivity contribution in [2.45, 2.75) is 20.3 Å². The maximum atomic E-state index is 5.35. The molecule has 0 rings (SSSR count). The summed E-state index contributed by atoms with van der Waals surface area (Å²) in [5.41, 5.74) is 6.15. The van der Waals surface area contributed by atoms with Crippen LogP contribution in [0.2, 0.25) is 0 Å². The van der Waals surface area contributed by atoms with Gasteiger partial charge in [0.2, 0.25) is 0 Å². The molecular formula is C6H13N. The summed E-state index contributed by atoms with van der Waals surface area (Å²) in [5.74, 6) is 0.486. The van der Waals surface area contributed by atoms with Gasteiger partial charge in [0.15, 0.2) is 0 Å². The van der Waals surface area contributed by atoms with Gasteiger partial charge in [0, 0.05) is 5.70 Å². The van der Waals surface area contributed by atoms with Crippen molar-refractivity contribution >= 4 is 0 Å². The van der Waals surface area contributed by atoms with E-state index < -0.39 is 0 Å². The lowest BCUT2D eigenvalue weighted by Crippen LogP contribution is -2.04. The van der Waals surface area contributed by atoms with Gasteiger partial charge >= 0.3 is 0 Å². The largest absolute Gasteiger partial charge is 0.402 e. The molecule has 0 amide bonds. The predicted octanol–water partition coefficient (Wildman–Crippen LogP) is 1.50. The summed E-state index contributed by atoms with van der Waals surface area (Å²) >= 11 is 0. The molecule has 1 heteroatoms. The molecule has 1 atom stereocenters. The van der Waals surface area contributed by atoms with E-state index in [9.17, 15) is 0 Å². The normalized spacial score (nSPS) is 13.4. The standard InChI is InChI=1S/C6H13N/c1-4-5(2)6(3)7/h5H,3-4,7H2,1-2H3/t5-/m1/s1. The van der Waals surface area contributed by atoms with Crippen LogP contribution in [0.5, 0.6) is 0 Å².